The minimum absolute atomic E-state index is 0.0274. The van der Waals surface area contributed by atoms with E-state index in [2.05, 4.69) is 15.7 Å². The number of carbonyl (C=O) groups is 2. The number of rotatable bonds is 11. The van der Waals surface area contributed by atoms with E-state index >= 15 is 0 Å². The molecule has 0 aliphatic heterocycles. The van der Waals surface area contributed by atoms with Crippen molar-refractivity contribution in [3.63, 3.8) is 0 Å². The summed E-state index contributed by atoms with van der Waals surface area (Å²) in [7, 11) is 0. The van der Waals surface area contributed by atoms with Gasteiger partial charge in [-0.25, -0.2) is 4.89 Å². The maximum Gasteiger partial charge on any atom is 0.307 e. The molecular formula is C22H36N4O10. The molecule has 14 heteroatoms. The fraction of sp³-hybridized carbons (Fsp3) is 0.909. The molecule has 204 valence electrons. The lowest BCUT2D eigenvalue weighted by atomic mass is 9.76. The number of carboxylic acids is 1. The first-order valence-corrected chi connectivity index (χ1v) is 12.6. The zero-order valence-corrected chi connectivity index (χ0v) is 20.2. The van der Waals surface area contributed by atoms with Crippen molar-refractivity contribution in [2.45, 2.75) is 88.4 Å². The lowest BCUT2D eigenvalue weighted by molar-refractivity contribution is -0.529. The lowest BCUT2D eigenvalue weighted by Gasteiger charge is -2.34. The van der Waals surface area contributed by atoms with Gasteiger partial charge >= 0.3 is 5.97 Å². The van der Waals surface area contributed by atoms with E-state index in [1.807, 2.05) is 0 Å². The van der Waals surface area contributed by atoms with Crippen LogP contribution >= 0.6 is 0 Å². The van der Waals surface area contributed by atoms with Crippen LogP contribution < -0.4 is 10.8 Å². The number of nitrogens with zero attached hydrogens (tertiary/aromatic N) is 2. The fourth-order valence-corrected chi connectivity index (χ4v) is 5.88. The number of hydrogen-bond acceptors (Lipinski definition) is 10. The standard InChI is InChI=1S/C22H36N4O10/c27-21(19-8-7-18(26(32)33)10-20(19)22(28)29)23-15-2-4-16(5-3-15)24-35-11-13-1-6-17(25(30)31)9-14(13)12-36-34/h13-20,24,34H,1-12H2,(H,23,27)(H,28,29). The van der Waals surface area contributed by atoms with Gasteiger partial charge in [-0.2, -0.15) is 5.48 Å². The molecule has 6 atom stereocenters. The largest absolute Gasteiger partial charge is 0.481 e. The van der Waals surface area contributed by atoms with Gasteiger partial charge in [-0.1, -0.05) is 0 Å². The normalized spacial score (nSPS) is 35.0. The number of carboxylic acid groups (broad SMARTS) is 1. The summed E-state index contributed by atoms with van der Waals surface area (Å²) in [5.74, 6) is -3.48. The van der Waals surface area contributed by atoms with Gasteiger partial charge in [0.2, 0.25) is 18.0 Å². The number of aliphatic carboxylic acids is 1. The molecule has 14 nitrogen and oxygen atoms in total. The van der Waals surface area contributed by atoms with Gasteiger partial charge in [-0.05, 0) is 50.4 Å². The Kier molecular flexibility index (Phi) is 10.3. The zero-order chi connectivity index (χ0) is 26.2. The lowest BCUT2D eigenvalue weighted by Crippen LogP contribution is -2.48. The molecule has 0 heterocycles. The number of hydrogen-bond donors (Lipinski definition) is 4. The first-order chi connectivity index (χ1) is 17.2. The van der Waals surface area contributed by atoms with E-state index in [9.17, 15) is 34.9 Å². The highest BCUT2D eigenvalue weighted by molar-refractivity contribution is 5.85. The summed E-state index contributed by atoms with van der Waals surface area (Å²) in [5.41, 5.74) is 3.05. The van der Waals surface area contributed by atoms with Crippen LogP contribution in [-0.2, 0) is 19.3 Å². The molecule has 36 heavy (non-hydrogen) atoms. The van der Waals surface area contributed by atoms with E-state index in [1.54, 1.807) is 0 Å². The molecule has 3 aliphatic carbocycles. The minimum Gasteiger partial charge on any atom is -0.481 e. The molecule has 3 fully saturated rings. The summed E-state index contributed by atoms with van der Waals surface area (Å²) in [6.07, 6.45) is 4.50. The van der Waals surface area contributed by atoms with E-state index in [1.165, 1.54) is 0 Å². The van der Waals surface area contributed by atoms with Crippen molar-refractivity contribution >= 4 is 11.9 Å². The van der Waals surface area contributed by atoms with Gasteiger partial charge in [0, 0.05) is 47.6 Å². The van der Waals surface area contributed by atoms with Gasteiger partial charge in [0.25, 0.3) is 0 Å². The predicted molar refractivity (Wildman–Crippen MR) is 123 cm³/mol. The van der Waals surface area contributed by atoms with Gasteiger partial charge < -0.3 is 15.3 Å². The van der Waals surface area contributed by atoms with E-state index in [0.29, 0.717) is 38.7 Å². The van der Waals surface area contributed by atoms with Crippen LogP contribution in [0, 0.1) is 43.9 Å². The van der Waals surface area contributed by atoms with E-state index in [-0.39, 0.29) is 60.6 Å². The van der Waals surface area contributed by atoms with Gasteiger partial charge in [-0.15, -0.1) is 0 Å². The summed E-state index contributed by atoms with van der Waals surface area (Å²) >= 11 is 0. The summed E-state index contributed by atoms with van der Waals surface area (Å²) in [6, 6.07) is -1.58. The first kappa shape index (κ1) is 28.2. The van der Waals surface area contributed by atoms with Crippen molar-refractivity contribution in [2.24, 2.45) is 23.7 Å². The highest BCUT2D eigenvalue weighted by Crippen LogP contribution is 2.33. The molecule has 0 aromatic rings. The van der Waals surface area contributed by atoms with Crippen LogP contribution in [-0.4, -0.2) is 69.5 Å². The average molecular weight is 517 g/mol. The number of nitrogens with one attached hydrogen (secondary N) is 2. The highest BCUT2D eigenvalue weighted by atomic mass is 17.1. The monoisotopic (exact) mass is 516 g/mol. The van der Waals surface area contributed by atoms with E-state index in [0.717, 1.165) is 12.8 Å². The maximum absolute atomic E-state index is 12.8. The van der Waals surface area contributed by atoms with Gasteiger partial charge in [0.1, 0.15) is 0 Å². The molecule has 3 saturated carbocycles. The molecule has 3 rings (SSSR count). The summed E-state index contributed by atoms with van der Waals surface area (Å²) in [6.45, 7) is 0.373. The summed E-state index contributed by atoms with van der Waals surface area (Å²) in [5, 5.41) is 43.4. The highest BCUT2D eigenvalue weighted by Gasteiger charge is 2.44. The first-order valence-electron chi connectivity index (χ1n) is 12.6. The quantitative estimate of drug-likeness (QED) is 0.176. The molecule has 3 aliphatic rings. The van der Waals surface area contributed by atoms with Gasteiger partial charge in [-0.3, -0.25) is 35.1 Å². The van der Waals surface area contributed by atoms with Crippen LogP contribution in [0.2, 0.25) is 0 Å². The molecular weight excluding hydrogens is 480 g/mol. The minimum atomic E-state index is -1.17. The second-order valence-electron chi connectivity index (χ2n) is 10.4. The molecule has 0 spiro atoms. The van der Waals surface area contributed by atoms with Crippen molar-refractivity contribution in [1.29, 1.82) is 0 Å². The topological polar surface area (TPSA) is 203 Å². The Morgan fingerprint density at radius 2 is 1.42 bits per heavy atom. The van der Waals surface area contributed by atoms with Crippen molar-refractivity contribution in [2.75, 3.05) is 13.2 Å². The second-order valence-corrected chi connectivity index (χ2v) is 10.4. The third-order valence-corrected chi connectivity index (χ3v) is 8.09. The molecule has 0 aromatic heterocycles. The van der Waals surface area contributed by atoms with Crippen LogP contribution in [0.3, 0.4) is 0 Å². The van der Waals surface area contributed by atoms with E-state index in [4.69, 9.17) is 10.1 Å². The van der Waals surface area contributed by atoms with Crippen molar-refractivity contribution in [3.05, 3.63) is 20.2 Å². The molecule has 0 aromatic carbocycles. The Balaban J connectivity index is 1.38. The Morgan fingerprint density at radius 3 is 2.03 bits per heavy atom. The number of amides is 1. The van der Waals surface area contributed by atoms with E-state index < -0.39 is 34.8 Å². The third kappa shape index (κ3) is 7.54. The van der Waals surface area contributed by atoms with Crippen molar-refractivity contribution in [1.82, 2.24) is 10.8 Å². The molecule has 0 saturated heterocycles. The molecule has 1 amide bonds. The molecule has 0 radical (unpaired) electrons. The molecule has 0 bridgehead atoms. The summed E-state index contributed by atoms with van der Waals surface area (Å²) < 4.78 is 0. The van der Waals surface area contributed by atoms with Crippen LogP contribution in [0.25, 0.3) is 0 Å². The maximum atomic E-state index is 12.8. The predicted octanol–water partition coefficient (Wildman–Crippen LogP) is 1.63. The Morgan fingerprint density at radius 1 is 0.806 bits per heavy atom. The zero-order valence-electron chi connectivity index (χ0n) is 20.2. The fourth-order valence-electron chi connectivity index (χ4n) is 5.88. The van der Waals surface area contributed by atoms with Crippen LogP contribution in [0.15, 0.2) is 0 Å². The number of hydroxylamine groups is 1. The average Bonchev–Trinajstić information content (AvgIpc) is 2.85. The van der Waals surface area contributed by atoms with Gasteiger partial charge in [0.05, 0.1) is 25.0 Å². The Labute approximate surface area is 208 Å². The smallest absolute Gasteiger partial charge is 0.307 e. The second kappa shape index (κ2) is 13.2. The van der Waals surface area contributed by atoms with Crippen molar-refractivity contribution in [3.8, 4) is 0 Å². The number of carbonyl (C=O) groups excluding carboxylic acids is 1. The van der Waals surface area contributed by atoms with Crippen LogP contribution in [0.4, 0.5) is 0 Å². The van der Waals surface area contributed by atoms with Crippen molar-refractivity contribution < 1.29 is 39.5 Å². The van der Waals surface area contributed by atoms with Crippen LogP contribution in [0.5, 0.6) is 0 Å². The van der Waals surface area contributed by atoms with Crippen LogP contribution in [0.1, 0.15) is 64.2 Å². The third-order valence-electron chi connectivity index (χ3n) is 8.09. The Hall–Kier alpha value is -2.42. The number of nitro groups is 2. The molecule has 6 unspecified atom stereocenters. The molecule has 4 N–H and O–H groups in total. The summed E-state index contributed by atoms with van der Waals surface area (Å²) in [4.78, 5) is 55.8. The SMILES string of the molecule is O=C(O)C1CC([N+](=O)[O-])CCC1C(=O)NC1CCC(NOCC2CCC([N+](=O)[O-])CC2COO)CC1. The Bertz CT molecular complexity index is 791. The van der Waals surface area contributed by atoms with Gasteiger partial charge in [0.15, 0.2) is 0 Å².